The molecule has 0 saturated heterocycles. The number of H-pyrrole nitrogens is 1. The average molecular weight is 331 g/mol. The lowest BCUT2D eigenvalue weighted by molar-refractivity contribution is -0.440. The molecule has 3 heteroatoms. The maximum Gasteiger partial charge on any atom is 0.209 e. The highest BCUT2D eigenvalue weighted by Crippen LogP contribution is 2.39. The number of fused-ring (bicyclic) bond motifs is 2. The van der Waals surface area contributed by atoms with Crippen molar-refractivity contribution in [3.8, 4) is 0 Å². The normalized spacial score (nSPS) is 16.1. The molecule has 0 spiro atoms. The first kappa shape index (κ1) is 15.9. The summed E-state index contributed by atoms with van der Waals surface area (Å²) in [6.45, 7) is 5.24. The number of benzene rings is 2. The molecule has 126 valence electrons. The second-order valence-corrected chi connectivity index (χ2v) is 7.03. The van der Waals surface area contributed by atoms with Crippen molar-refractivity contribution in [2.45, 2.75) is 19.3 Å². The molecule has 1 aliphatic heterocycles. The number of allylic oxidation sites excluding steroid dienone is 1. The van der Waals surface area contributed by atoms with Crippen LogP contribution in [0.5, 0.6) is 0 Å². The standard InChI is InChI=1S/C22H22N2O/c1-22(2)18-8-4-6-10-20(18)24(13-14-25)21(22)12-11-16-15-23-19-9-5-3-7-17(16)19/h3-12,15,25H,13-14H2,1-2H3/p+1. The lowest BCUT2D eigenvalue weighted by Gasteiger charge is -2.15. The van der Waals surface area contributed by atoms with E-state index in [1.54, 1.807) is 0 Å². The molecular formula is C22H23N2O+. The lowest BCUT2D eigenvalue weighted by Crippen LogP contribution is -2.28. The van der Waals surface area contributed by atoms with Gasteiger partial charge in [0.05, 0.1) is 5.41 Å². The van der Waals surface area contributed by atoms with E-state index < -0.39 is 0 Å². The van der Waals surface area contributed by atoms with Crippen LogP contribution in [0.4, 0.5) is 5.69 Å². The molecule has 0 unspecified atom stereocenters. The second-order valence-electron chi connectivity index (χ2n) is 7.03. The van der Waals surface area contributed by atoms with Gasteiger partial charge in [0.1, 0.15) is 6.61 Å². The zero-order chi connectivity index (χ0) is 17.4. The van der Waals surface area contributed by atoms with Crippen LogP contribution in [0.2, 0.25) is 0 Å². The summed E-state index contributed by atoms with van der Waals surface area (Å²) in [5, 5.41) is 10.8. The highest BCUT2D eigenvalue weighted by Gasteiger charge is 2.43. The van der Waals surface area contributed by atoms with E-state index in [-0.39, 0.29) is 12.0 Å². The molecular weight excluding hydrogens is 308 g/mol. The smallest absolute Gasteiger partial charge is 0.209 e. The van der Waals surface area contributed by atoms with E-state index in [4.69, 9.17) is 0 Å². The number of hydrogen-bond donors (Lipinski definition) is 2. The van der Waals surface area contributed by atoms with E-state index in [1.165, 1.54) is 27.9 Å². The van der Waals surface area contributed by atoms with Crippen LogP contribution in [-0.4, -0.2) is 33.5 Å². The molecule has 0 amide bonds. The second kappa shape index (κ2) is 6.01. The zero-order valence-corrected chi connectivity index (χ0v) is 14.7. The van der Waals surface area contributed by atoms with Crippen molar-refractivity contribution in [2.75, 3.05) is 13.2 Å². The number of aromatic amines is 1. The van der Waals surface area contributed by atoms with Gasteiger partial charge in [-0.15, -0.1) is 0 Å². The van der Waals surface area contributed by atoms with Gasteiger partial charge in [-0.1, -0.05) is 36.4 Å². The lowest BCUT2D eigenvalue weighted by atomic mass is 9.81. The number of aliphatic hydroxyl groups is 1. The van der Waals surface area contributed by atoms with E-state index in [0.29, 0.717) is 6.54 Å². The fourth-order valence-electron chi connectivity index (χ4n) is 3.88. The van der Waals surface area contributed by atoms with E-state index in [2.05, 4.69) is 78.0 Å². The van der Waals surface area contributed by atoms with E-state index >= 15 is 0 Å². The third-order valence-corrected chi connectivity index (χ3v) is 5.16. The first-order chi connectivity index (χ1) is 12.1. The largest absolute Gasteiger partial charge is 0.390 e. The number of para-hydroxylation sites is 2. The molecule has 0 radical (unpaired) electrons. The Labute approximate surface area is 148 Å². The van der Waals surface area contributed by atoms with Crippen LogP contribution in [0.25, 0.3) is 17.0 Å². The van der Waals surface area contributed by atoms with Crippen molar-refractivity contribution in [3.63, 3.8) is 0 Å². The third-order valence-electron chi connectivity index (χ3n) is 5.16. The summed E-state index contributed by atoms with van der Waals surface area (Å²) >= 11 is 0. The summed E-state index contributed by atoms with van der Waals surface area (Å²) in [5.41, 5.74) is 5.95. The topological polar surface area (TPSA) is 39.0 Å². The first-order valence-electron chi connectivity index (χ1n) is 8.72. The molecule has 2 N–H and O–H groups in total. The van der Waals surface area contributed by atoms with Crippen molar-refractivity contribution in [1.29, 1.82) is 0 Å². The van der Waals surface area contributed by atoms with Gasteiger partial charge in [-0.2, -0.15) is 4.58 Å². The maximum absolute atomic E-state index is 9.55. The van der Waals surface area contributed by atoms with Crippen molar-refractivity contribution in [3.05, 3.63) is 71.9 Å². The quantitative estimate of drug-likeness (QED) is 0.689. The van der Waals surface area contributed by atoms with Crippen LogP contribution in [-0.2, 0) is 5.41 Å². The third kappa shape index (κ3) is 2.52. The van der Waals surface area contributed by atoms with Gasteiger partial charge in [0.2, 0.25) is 5.69 Å². The van der Waals surface area contributed by atoms with Crippen LogP contribution in [0.1, 0.15) is 25.0 Å². The number of aromatic nitrogens is 1. The number of rotatable bonds is 4. The van der Waals surface area contributed by atoms with Gasteiger partial charge in [-0.3, -0.25) is 0 Å². The van der Waals surface area contributed by atoms with Crippen LogP contribution in [0.15, 0.2) is 60.8 Å². The molecule has 4 rings (SSSR count). The predicted octanol–water partition coefficient (Wildman–Crippen LogP) is 4.25. The van der Waals surface area contributed by atoms with Crippen molar-refractivity contribution >= 4 is 28.4 Å². The van der Waals surface area contributed by atoms with Gasteiger partial charge in [0.25, 0.3) is 0 Å². The van der Waals surface area contributed by atoms with Crippen molar-refractivity contribution in [2.24, 2.45) is 0 Å². The van der Waals surface area contributed by atoms with E-state index in [9.17, 15) is 5.11 Å². The SMILES string of the molecule is CC1(C)C(/C=C/c2c[nH]c3ccccc23)=[N+](CCO)c2ccccc21. The number of aliphatic hydroxyl groups excluding tert-OH is 1. The van der Waals surface area contributed by atoms with Crippen LogP contribution >= 0.6 is 0 Å². The van der Waals surface area contributed by atoms with E-state index in [0.717, 1.165) is 5.52 Å². The van der Waals surface area contributed by atoms with Crippen LogP contribution in [0.3, 0.4) is 0 Å². The number of hydrogen-bond acceptors (Lipinski definition) is 1. The molecule has 1 aromatic heterocycles. The molecule has 3 nitrogen and oxygen atoms in total. The Morgan fingerprint density at radius 2 is 1.80 bits per heavy atom. The van der Waals surface area contributed by atoms with Gasteiger partial charge in [0.15, 0.2) is 12.3 Å². The number of nitrogens with one attached hydrogen (secondary N) is 1. The Hall–Kier alpha value is -2.65. The molecule has 2 aromatic carbocycles. The molecule has 2 heterocycles. The monoisotopic (exact) mass is 331 g/mol. The summed E-state index contributed by atoms with van der Waals surface area (Å²) in [6, 6.07) is 16.8. The van der Waals surface area contributed by atoms with Gasteiger partial charge in [-0.25, -0.2) is 0 Å². The van der Waals surface area contributed by atoms with Crippen LogP contribution in [0, 0.1) is 0 Å². The number of nitrogens with zero attached hydrogens (tertiary/aromatic N) is 1. The van der Waals surface area contributed by atoms with Gasteiger partial charge >= 0.3 is 0 Å². The van der Waals surface area contributed by atoms with Gasteiger partial charge < -0.3 is 10.1 Å². The predicted molar refractivity (Wildman–Crippen MR) is 104 cm³/mol. The molecule has 3 aromatic rings. The molecule has 0 atom stereocenters. The van der Waals surface area contributed by atoms with Crippen molar-refractivity contribution < 1.29 is 9.68 Å². The van der Waals surface area contributed by atoms with Crippen LogP contribution < -0.4 is 0 Å². The van der Waals surface area contributed by atoms with Gasteiger partial charge in [0, 0.05) is 34.8 Å². The molecule has 0 saturated carbocycles. The highest BCUT2D eigenvalue weighted by atomic mass is 16.3. The summed E-state index contributed by atoms with van der Waals surface area (Å²) < 4.78 is 2.24. The average Bonchev–Trinajstić information content (AvgIpc) is 3.12. The fraction of sp³-hybridized carbons (Fsp3) is 0.227. The first-order valence-corrected chi connectivity index (χ1v) is 8.72. The zero-order valence-electron chi connectivity index (χ0n) is 14.7. The highest BCUT2D eigenvalue weighted by molar-refractivity contribution is 6.06. The molecule has 1 aliphatic rings. The minimum Gasteiger partial charge on any atom is -0.390 e. The summed E-state index contributed by atoms with van der Waals surface area (Å²) in [5.74, 6) is 0. The minimum absolute atomic E-state index is 0.0889. The summed E-state index contributed by atoms with van der Waals surface area (Å²) in [6.07, 6.45) is 6.42. The molecule has 0 bridgehead atoms. The minimum atomic E-state index is -0.0889. The Bertz CT molecular complexity index is 992. The Balaban J connectivity index is 1.81. The fourth-order valence-corrected chi connectivity index (χ4v) is 3.88. The Kier molecular flexibility index (Phi) is 3.81. The molecule has 0 aliphatic carbocycles. The van der Waals surface area contributed by atoms with Gasteiger partial charge in [-0.05, 0) is 31.6 Å². The number of β-amino-alcohol motifs (C(OH)–C–C–N with tert-alkyl or cyclic N) is 1. The van der Waals surface area contributed by atoms with Crippen molar-refractivity contribution in [1.82, 2.24) is 4.98 Å². The molecule has 0 fully saturated rings. The molecule has 25 heavy (non-hydrogen) atoms. The maximum atomic E-state index is 9.55. The Morgan fingerprint density at radius 3 is 2.64 bits per heavy atom. The summed E-state index contributed by atoms with van der Waals surface area (Å²) in [7, 11) is 0. The van der Waals surface area contributed by atoms with E-state index in [1.807, 2.05) is 12.3 Å². The Morgan fingerprint density at radius 1 is 1.04 bits per heavy atom. The summed E-state index contributed by atoms with van der Waals surface area (Å²) in [4.78, 5) is 3.32.